The van der Waals surface area contributed by atoms with Gasteiger partial charge in [-0.15, -0.1) is 11.6 Å². The lowest BCUT2D eigenvalue weighted by Crippen LogP contribution is -1.99. The zero-order valence-electron chi connectivity index (χ0n) is 9.50. The van der Waals surface area contributed by atoms with Crippen LogP contribution in [0.5, 0.6) is 5.75 Å². The summed E-state index contributed by atoms with van der Waals surface area (Å²) in [5, 5.41) is 0. The highest BCUT2D eigenvalue weighted by Crippen LogP contribution is 2.14. The van der Waals surface area contributed by atoms with Crippen LogP contribution >= 0.6 is 11.6 Å². The Bertz CT molecular complexity index is 266. The van der Waals surface area contributed by atoms with Crippen LogP contribution in [-0.2, 0) is 5.88 Å². The molecule has 0 atom stereocenters. The third kappa shape index (κ3) is 5.08. The SMILES string of the molecule is CC(C)CCCOc1ccc(CCl)cc1. The number of alkyl halides is 1. The van der Waals surface area contributed by atoms with Crippen molar-refractivity contribution >= 4 is 11.6 Å². The minimum Gasteiger partial charge on any atom is -0.494 e. The summed E-state index contributed by atoms with van der Waals surface area (Å²) in [5.74, 6) is 2.26. The number of hydrogen-bond donors (Lipinski definition) is 0. The van der Waals surface area contributed by atoms with Gasteiger partial charge in [0, 0.05) is 5.88 Å². The Kier molecular flexibility index (Phi) is 5.56. The molecule has 0 unspecified atom stereocenters. The number of halogens is 1. The molecule has 0 aliphatic rings. The van der Waals surface area contributed by atoms with Gasteiger partial charge in [0.1, 0.15) is 5.75 Å². The van der Waals surface area contributed by atoms with Crippen molar-refractivity contribution in [3.8, 4) is 5.75 Å². The number of benzene rings is 1. The van der Waals surface area contributed by atoms with E-state index in [1.165, 1.54) is 6.42 Å². The van der Waals surface area contributed by atoms with Gasteiger partial charge in [0.15, 0.2) is 0 Å². The topological polar surface area (TPSA) is 9.23 Å². The molecule has 0 N–H and O–H groups in total. The van der Waals surface area contributed by atoms with Crippen LogP contribution < -0.4 is 4.74 Å². The molecule has 0 heterocycles. The molecule has 0 saturated heterocycles. The van der Waals surface area contributed by atoms with Crippen LogP contribution in [0, 0.1) is 5.92 Å². The van der Waals surface area contributed by atoms with E-state index in [4.69, 9.17) is 16.3 Å². The van der Waals surface area contributed by atoms with Crippen molar-refractivity contribution in [3.05, 3.63) is 29.8 Å². The largest absolute Gasteiger partial charge is 0.494 e. The van der Waals surface area contributed by atoms with Crippen molar-refractivity contribution in [2.45, 2.75) is 32.6 Å². The van der Waals surface area contributed by atoms with Crippen molar-refractivity contribution in [1.29, 1.82) is 0 Å². The summed E-state index contributed by atoms with van der Waals surface area (Å²) >= 11 is 5.70. The Morgan fingerprint density at radius 3 is 2.40 bits per heavy atom. The molecule has 1 aromatic rings. The molecule has 84 valence electrons. The molecule has 2 heteroatoms. The van der Waals surface area contributed by atoms with Crippen LogP contribution in [0.3, 0.4) is 0 Å². The van der Waals surface area contributed by atoms with E-state index >= 15 is 0 Å². The maximum atomic E-state index is 5.70. The van der Waals surface area contributed by atoms with E-state index in [1.807, 2.05) is 24.3 Å². The van der Waals surface area contributed by atoms with Gasteiger partial charge in [0.2, 0.25) is 0 Å². The van der Waals surface area contributed by atoms with Crippen molar-refractivity contribution in [3.63, 3.8) is 0 Å². The first-order valence-corrected chi connectivity index (χ1v) is 6.03. The Morgan fingerprint density at radius 2 is 1.87 bits per heavy atom. The maximum absolute atomic E-state index is 5.70. The van der Waals surface area contributed by atoms with E-state index in [1.54, 1.807) is 0 Å². The highest BCUT2D eigenvalue weighted by atomic mass is 35.5. The fourth-order valence-electron chi connectivity index (χ4n) is 1.36. The molecule has 0 saturated carbocycles. The molecule has 0 aromatic heterocycles. The minimum absolute atomic E-state index is 0.563. The summed E-state index contributed by atoms with van der Waals surface area (Å²) < 4.78 is 5.61. The van der Waals surface area contributed by atoms with Gasteiger partial charge in [-0.2, -0.15) is 0 Å². The van der Waals surface area contributed by atoms with Gasteiger partial charge in [0.05, 0.1) is 6.61 Å². The van der Waals surface area contributed by atoms with Crippen molar-refractivity contribution in [2.24, 2.45) is 5.92 Å². The van der Waals surface area contributed by atoms with E-state index in [0.717, 1.165) is 30.3 Å². The predicted octanol–water partition coefficient (Wildman–Crippen LogP) is 4.24. The second kappa shape index (κ2) is 6.73. The molecule has 0 aliphatic heterocycles. The fourth-order valence-corrected chi connectivity index (χ4v) is 1.53. The lowest BCUT2D eigenvalue weighted by molar-refractivity contribution is 0.297. The highest BCUT2D eigenvalue weighted by Gasteiger charge is 1.96. The zero-order valence-corrected chi connectivity index (χ0v) is 10.3. The van der Waals surface area contributed by atoms with Crippen LogP contribution in [0.25, 0.3) is 0 Å². The lowest BCUT2D eigenvalue weighted by Gasteiger charge is -2.07. The average Bonchev–Trinajstić information content (AvgIpc) is 2.25. The Labute approximate surface area is 97.4 Å². The first-order chi connectivity index (χ1) is 7.22. The van der Waals surface area contributed by atoms with E-state index in [0.29, 0.717) is 5.88 Å². The molecule has 0 amide bonds. The first-order valence-electron chi connectivity index (χ1n) is 5.50. The molecule has 0 aliphatic carbocycles. The van der Waals surface area contributed by atoms with Gasteiger partial charge in [-0.1, -0.05) is 26.0 Å². The monoisotopic (exact) mass is 226 g/mol. The van der Waals surface area contributed by atoms with Gasteiger partial charge in [-0.25, -0.2) is 0 Å². The molecule has 1 aromatic carbocycles. The smallest absolute Gasteiger partial charge is 0.119 e. The number of hydrogen-bond acceptors (Lipinski definition) is 1. The van der Waals surface area contributed by atoms with E-state index < -0.39 is 0 Å². The third-order valence-electron chi connectivity index (χ3n) is 2.27. The molecule has 1 nitrogen and oxygen atoms in total. The molecule has 1 rings (SSSR count). The molecular formula is C13H19ClO. The van der Waals surface area contributed by atoms with Crippen LogP contribution in [0.15, 0.2) is 24.3 Å². The van der Waals surface area contributed by atoms with Gasteiger partial charge in [-0.3, -0.25) is 0 Å². The first kappa shape index (κ1) is 12.4. The quantitative estimate of drug-likeness (QED) is 0.521. The third-order valence-corrected chi connectivity index (χ3v) is 2.58. The van der Waals surface area contributed by atoms with Gasteiger partial charge < -0.3 is 4.74 Å². The Hall–Kier alpha value is -0.690. The summed E-state index contributed by atoms with van der Waals surface area (Å²) in [5.41, 5.74) is 1.13. The molecular weight excluding hydrogens is 208 g/mol. The summed E-state index contributed by atoms with van der Waals surface area (Å²) in [4.78, 5) is 0. The van der Waals surface area contributed by atoms with Gasteiger partial charge in [0.25, 0.3) is 0 Å². The molecule has 15 heavy (non-hydrogen) atoms. The number of ether oxygens (including phenoxy) is 1. The molecule has 0 bridgehead atoms. The van der Waals surface area contributed by atoms with Crippen molar-refractivity contribution in [1.82, 2.24) is 0 Å². The van der Waals surface area contributed by atoms with E-state index in [-0.39, 0.29) is 0 Å². The van der Waals surface area contributed by atoms with E-state index in [2.05, 4.69) is 13.8 Å². The van der Waals surface area contributed by atoms with Crippen LogP contribution in [0.2, 0.25) is 0 Å². The Morgan fingerprint density at radius 1 is 1.20 bits per heavy atom. The fraction of sp³-hybridized carbons (Fsp3) is 0.538. The normalized spacial score (nSPS) is 10.7. The summed E-state index contributed by atoms with van der Waals surface area (Å²) in [6, 6.07) is 7.97. The maximum Gasteiger partial charge on any atom is 0.119 e. The average molecular weight is 227 g/mol. The summed E-state index contributed by atoms with van der Waals surface area (Å²) in [6.45, 7) is 5.27. The summed E-state index contributed by atoms with van der Waals surface area (Å²) in [7, 11) is 0. The molecule has 0 radical (unpaired) electrons. The van der Waals surface area contributed by atoms with Crippen LogP contribution in [0.1, 0.15) is 32.3 Å². The minimum atomic E-state index is 0.563. The number of rotatable bonds is 6. The Balaban J connectivity index is 2.25. The van der Waals surface area contributed by atoms with Gasteiger partial charge >= 0.3 is 0 Å². The second-order valence-corrected chi connectivity index (χ2v) is 4.43. The highest BCUT2D eigenvalue weighted by molar-refractivity contribution is 6.17. The molecule has 0 fully saturated rings. The second-order valence-electron chi connectivity index (χ2n) is 4.16. The predicted molar refractivity (Wildman–Crippen MR) is 65.6 cm³/mol. The van der Waals surface area contributed by atoms with Crippen molar-refractivity contribution in [2.75, 3.05) is 6.61 Å². The van der Waals surface area contributed by atoms with Crippen LogP contribution in [0.4, 0.5) is 0 Å². The van der Waals surface area contributed by atoms with Crippen LogP contribution in [-0.4, -0.2) is 6.61 Å². The van der Waals surface area contributed by atoms with E-state index in [9.17, 15) is 0 Å². The van der Waals surface area contributed by atoms with Gasteiger partial charge in [-0.05, 0) is 36.5 Å². The molecule has 0 spiro atoms. The zero-order chi connectivity index (χ0) is 11.1. The lowest BCUT2D eigenvalue weighted by atomic mass is 10.1. The summed E-state index contributed by atoms with van der Waals surface area (Å²) in [6.07, 6.45) is 2.34. The standard InChI is InChI=1S/C13H19ClO/c1-11(2)4-3-9-15-13-7-5-12(10-14)6-8-13/h5-8,11H,3-4,9-10H2,1-2H3. The van der Waals surface area contributed by atoms with Crippen molar-refractivity contribution < 1.29 is 4.74 Å².